The lowest BCUT2D eigenvalue weighted by atomic mass is 9.93. The van der Waals surface area contributed by atoms with Crippen molar-refractivity contribution in [2.24, 2.45) is 0 Å². The van der Waals surface area contributed by atoms with Crippen LogP contribution in [0.4, 0.5) is 0 Å². The van der Waals surface area contributed by atoms with Gasteiger partial charge in [-0.3, -0.25) is 14.9 Å². The van der Waals surface area contributed by atoms with E-state index in [1.165, 1.54) is 0 Å². The van der Waals surface area contributed by atoms with Crippen LogP contribution in [-0.2, 0) is 0 Å². The summed E-state index contributed by atoms with van der Waals surface area (Å²) in [6.45, 7) is 1.46. The number of rotatable bonds is 2. The van der Waals surface area contributed by atoms with Crippen LogP contribution >= 0.6 is 0 Å². The molecule has 1 aliphatic heterocycles. The first-order chi connectivity index (χ1) is 13.3. The maximum absolute atomic E-state index is 13.2. The maximum Gasteiger partial charge on any atom is 0.254 e. The van der Waals surface area contributed by atoms with E-state index in [1.807, 2.05) is 41.3 Å². The largest absolute Gasteiger partial charge is 0.338 e. The third kappa shape index (κ3) is 2.83. The van der Waals surface area contributed by atoms with E-state index < -0.39 is 0 Å². The van der Waals surface area contributed by atoms with Crippen molar-refractivity contribution in [3.8, 4) is 0 Å². The number of likely N-dealkylation sites (tertiary alicyclic amines) is 1. The number of aromatic amines is 1. The Kier molecular flexibility index (Phi) is 3.81. The molecule has 5 rings (SSSR count). The molecule has 4 heterocycles. The number of H-pyrrole nitrogens is 1. The smallest absolute Gasteiger partial charge is 0.254 e. The highest BCUT2D eigenvalue weighted by molar-refractivity contribution is 6.06. The van der Waals surface area contributed by atoms with Crippen LogP contribution < -0.4 is 0 Å². The number of nitrogens with zero attached hydrogens (tertiary/aromatic N) is 4. The van der Waals surface area contributed by atoms with E-state index in [9.17, 15) is 4.79 Å². The van der Waals surface area contributed by atoms with Gasteiger partial charge in [0, 0.05) is 47.2 Å². The minimum absolute atomic E-state index is 0.0703. The van der Waals surface area contributed by atoms with Crippen molar-refractivity contribution in [3.63, 3.8) is 0 Å². The lowest BCUT2D eigenvalue weighted by Crippen LogP contribution is -2.39. The van der Waals surface area contributed by atoms with Gasteiger partial charge in [0.15, 0.2) is 5.65 Å². The Labute approximate surface area is 156 Å². The number of pyridine rings is 2. The number of hydrogen-bond acceptors (Lipinski definition) is 4. The number of carbonyl (C=O) groups is 1. The average Bonchev–Trinajstić information content (AvgIpc) is 3.21. The number of hydrogen-bond donors (Lipinski definition) is 1. The lowest BCUT2D eigenvalue weighted by Gasteiger charge is -2.32. The monoisotopic (exact) mass is 357 g/mol. The quantitative estimate of drug-likeness (QED) is 0.595. The van der Waals surface area contributed by atoms with Crippen molar-refractivity contribution >= 4 is 27.8 Å². The van der Waals surface area contributed by atoms with Gasteiger partial charge < -0.3 is 4.90 Å². The molecule has 3 aromatic heterocycles. The third-order valence-corrected chi connectivity index (χ3v) is 5.33. The molecule has 6 heteroatoms. The van der Waals surface area contributed by atoms with Gasteiger partial charge >= 0.3 is 0 Å². The number of benzene rings is 1. The zero-order chi connectivity index (χ0) is 18.2. The molecule has 0 unspecified atom stereocenters. The lowest BCUT2D eigenvalue weighted by molar-refractivity contribution is 0.0708. The first-order valence-electron chi connectivity index (χ1n) is 9.22. The van der Waals surface area contributed by atoms with Crippen molar-refractivity contribution in [1.82, 2.24) is 25.1 Å². The topological polar surface area (TPSA) is 74.8 Å². The molecule has 1 aliphatic rings. The van der Waals surface area contributed by atoms with Crippen molar-refractivity contribution in [2.75, 3.05) is 13.1 Å². The molecule has 1 N–H and O–H groups in total. The van der Waals surface area contributed by atoms with Gasteiger partial charge in [-0.2, -0.15) is 5.10 Å². The first-order valence-corrected chi connectivity index (χ1v) is 9.22. The molecule has 134 valence electrons. The molecule has 0 aliphatic carbocycles. The Bertz CT molecular complexity index is 1130. The second kappa shape index (κ2) is 6.46. The summed E-state index contributed by atoms with van der Waals surface area (Å²) in [4.78, 5) is 24.3. The van der Waals surface area contributed by atoms with E-state index in [1.54, 1.807) is 12.4 Å². The molecule has 1 atom stereocenters. The molecule has 1 amide bonds. The Morgan fingerprint density at radius 2 is 2.11 bits per heavy atom. The van der Waals surface area contributed by atoms with Crippen molar-refractivity contribution < 1.29 is 4.79 Å². The number of carbonyl (C=O) groups excluding carboxylic acids is 1. The fourth-order valence-electron chi connectivity index (χ4n) is 3.93. The Morgan fingerprint density at radius 3 is 3.07 bits per heavy atom. The summed E-state index contributed by atoms with van der Waals surface area (Å²) in [5, 5.41) is 8.88. The van der Waals surface area contributed by atoms with Crippen LogP contribution in [-0.4, -0.2) is 44.1 Å². The molecule has 0 spiro atoms. The van der Waals surface area contributed by atoms with E-state index in [4.69, 9.17) is 4.98 Å². The highest BCUT2D eigenvalue weighted by Gasteiger charge is 2.27. The van der Waals surface area contributed by atoms with E-state index in [0.717, 1.165) is 52.6 Å². The van der Waals surface area contributed by atoms with E-state index >= 15 is 0 Å². The molecule has 1 aromatic carbocycles. The fraction of sp³-hybridized carbons (Fsp3) is 0.238. The molecule has 0 radical (unpaired) electrons. The molecule has 1 fully saturated rings. The Morgan fingerprint density at radius 1 is 1.15 bits per heavy atom. The predicted octanol–water partition coefficient (Wildman–Crippen LogP) is 3.53. The van der Waals surface area contributed by atoms with Crippen LogP contribution in [0.15, 0.2) is 54.9 Å². The summed E-state index contributed by atoms with van der Waals surface area (Å²) in [7, 11) is 0. The minimum Gasteiger partial charge on any atom is -0.338 e. The van der Waals surface area contributed by atoms with Gasteiger partial charge in [0.2, 0.25) is 0 Å². The van der Waals surface area contributed by atoms with Gasteiger partial charge in [0.05, 0.1) is 11.7 Å². The second-order valence-corrected chi connectivity index (χ2v) is 7.01. The van der Waals surface area contributed by atoms with Gasteiger partial charge in [-0.15, -0.1) is 0 Å². The Balaban J connectivity index is 1.44. The van der Waals surface area contributed by atoms with Crippen molar-refractivity contribution in [2.45, 2.75) is 18.8 Å². The van der Waals surface area contributed by atoms with E-state index in [-0.39, 0.29) is 11.8 Å². The zero-order valence-corrected chi connectivity index (χ0v) is 14.8. The molecule has 4 aromatic rings. The van der Waals surface area contributed by atoms with Crippen LogP contribution in [0.25, 0.3) is 21.9 Å². The molecular formula is C21H19N5O. The normalized spacial score (nSPS) is 17.5. The number of piperidine rings is 1. The first kappa shape index (κ1) is 15.9. The van der Waals surface area contributed by atoms with Crippen LogP contribution in [0, 0.1) is 0 Å². The van der Waals surface area contributed by atoms with Crippen LogP contribution in [0.5, 0.6) is 0 Å². The number of nitrogens with one attached hydrogen (secondary N) is 1. The standard InChI is InChI=1S/C21H19N5O/c27-21(17-5-1-7-19-16(17)6-2-10-22-19)26-11-3-4-15(13-26)18-9-8-14-12-23-25-20(14)24-18/h1-2,5-10,12,15H,3-4,11,13H2,(H,23,24,25)/t15-/m1/s1. The van der Waals surface area contributed by atoms with Crippen LogP contribution in [0.1, 0.15) is 34.8 Å². The second-order valence-electron chi connectivity index (χ2n) is 7.01. The average molecular weight is 357 g/mol. The van der Waals surface area contributed by atoms with Gasteiger partial charge in [-0.1, -0.05) is 12.1 Å². The van der Waals surface area contributed by atoms with Gasteiger partial charge in [-0.05, 0) is 43.2 Å². The van der Waals surface area contributed by atoms with Gasteiger partial charge in [0.1, 0.15) is 0 Å². The summed E-state index contributed by atoms with van der Waals surface area (Å²) in [5.41, 5.74) is 3.39. The van der Waals surface area contributed by atoms with E-state index in [0.29, 0.717) is 6.54 Å². The van der Waals surface area contributed by atoms with Crippen LogP contribution in [0.2, 0.25) is 0 Å². The number of fused-ring (bicyclic) bond motifs is 2. The summed E-state index contributed by atoms with van der Waals surface area (Å²) < 4.78 is 0. The molecule has 27 heavy (non-hydrogen) atoms. The third-order valence-electron chi connectivity index (χ3n) is 5.33. The highest BCUT2D eigenvalue weighted by Crippen LogP contribution is 2.28. The summed E-state index contributed by atoms with van der Waals surface area (Å²) in [6, 6.07) is 13.7. The SMILES string of the molecule is O=C(c1cccc2ncccc12)N1CCC[C@@H](c2ccc3cn[nH]c3n2)C1. The van der Waals surface area contributed by atoms with Crippen molar-refractivity contribution in [3.05, 3.63) is 66.1 Å². The fourth-order valence-corrected chi connectivity index (χ4v) is 3.93. The summed E-state index contributed by atoms with van der Waals surface area (Å²) in [5.74, 6) is 0.310. The molecule has 0 bridgehead atoms. The molecule has 6 nitrogen and oxygen atoms in total. The minimum atomic E-state index is 0.0703. The molecular weight excluding hydrogens is 338 g/mol. The molecule has 0 saturated carbocycles. The van der Waals surface area contributed by atoms with Gasteiger partial charge in [0.25, 0.3) is 5.91 Å². The molecule has 1 saturated heterocycles. The zero-order valence-electron chi connectivity index (χ0n) is 14.8. The number of aromatic nitrogens is 4. The van der Waals surface area contributed by atoms with Gasteiger partial charge in [-0.25, -0.2) is 4.98 Å². The van der Waals surface area contributed by atoms with E-state index in [2.05, 4.69) is 21.2 Å². The summed E-state index contributed by atoms with van der Waals surface area (Å²) >= 11 is 0. The number of amides is 1. The van der Waals surface area contributed by atoms with Crippen molar-refractivity contribution in [1.29, 1.82) is 0 Å². The Hall–Kier alpha value is -3.28. The highest BCUT2D eigenvalue weighted by atomic mass is 16.2. The van der Waals surface area contributed by atoms with Crippen LogP contribution in [0.3, 0.4) is 0 Å². The summed E-state index contributed by atoms with van der Waals surface area (Å²) in [6.07, 6.45) is 5.54. The maximum atomic E-state index is 13.2. The predicted molar refractivity (Wildman–Crippen MR) is 104 cm³/mol.